The smallest absolute Gasteiger partial charge is 0.254 e. The van der Waals surface area contributed by atoms with E-state index in [1.807, 2.05) is 30.3 Å². The van der Waals surface area contributed by atoms with Crippen molar-refractivity contribution in [3.63, 3.8) is 0 Å². The number of aromatic amines is 1. The first-order chi connectivity index (χ1) is 11.7. The summed E-state index contributed by atoms with van der Waals surface area (Å²) in [5.41, 5.74) is 1.19. The maximum atomic E-state index is 12.5. The normalized spacial score (nSPS) is 18.1. The molecule has 0 aliphatic carbocycles. The van der Waals surface area contributed by atoms with Crippen LogP contribution in [0.2, 0.25) is 0 Å². The first kappa shape index (κ1) is 16.0. The predicted molar refractivity (Wildman–Crippen MR) is 89.2 cm³/mol. The maximum absolute atomic E-state index is 12.5. The summed E-state index contributed by atoms with van der Waals surface area (Å²) in [6.45, 7) is 2.19. The Bertz CT molecular complexity index is 810. The van der Waals surface area contributed by atoms with E-state index in [9.17, 15) is 14.9 Å². The van der Waals surface area contributed by atoms with Gasteiger partial charge in [0.2, 0.25) is 5.56 Å². The van der Waals surface area contributed by atoms with Gasteiger partial charge in [-0.2, -0.15) is 5.26 Å². The highest BCUT2D eigenvalue weighted by Gasteiger charge is 2.30. The Morgan fingerprint density at radius 3 is 2.75 bits per heavy atom. The van der Waals surface area contributed by atoms with Gasteiger partial charge in [-0.15, -0.1) is 0 Å². The van der Waals surface area contributed by atoms with Crippen LogP contribution in [0.4, 0.5) is 0 Å². The highest BCUT2D eigenvalue weighted by atomic mass is 16.2. The van der Waals surface area contributed by atoms with E-state index in [1.165, 1.54) is 12.3 Å². The van der Waals surface area contributed by atoms with Gasteiger partial charge >= 0.3 is 0 Å². The van der Waals surface area contributed by atoms with E-state index in [2.05, 4.69) is 16.0 Å². The number of hydrogen-bond donors (Lipinski definition) is 1. The van der Waals surface area contributed by atoms with E-state index >= 15 is 0 Å². The van der Waals surface area contributed by atoms with Crippen molar-refractivity contribution in [2.24, 2.45) is 0 Å². The molecule has 24 heavy (non-hydrogen) atoms. The van der Waals surface area contributed by atoms with Gasteiger partial charge in [-0.1, -0.05) is 30.3 Å². The molecule has 1 atom stereocenters. The molecule has 1 aromatic heterocycles. The number of amides is 1. The lowest BCUT2D eigenvalue weighted by Crippen LogP contribution is -2.53. The van der Waals surface area contributed by atoms with Crippen LogP contribution in [0, 0.1) is 11.3 Å². The van der Waals surface area contributed by atoms with Gasteiger partial charge in [0.25, 0.3) is 5.91 Å². The van der Waals surface area contributed by atoms with Crippen molar-refractivity contribution in [2.75, 3.05) is 19.6 Å². The Labute approximate surface area is 139 Å². The molecule has 1 fully saturated rings. The van der Waals surface area contributed by atoms with Gasteiger partial charge in [0.05, 0.1) is 6.07 Å². The number of nitriles is 1. The highest BCUT2D eigenvalue weighted by Crippen LogP contribution is 2.15. The quantitative estimate of drug-likeness (QED) is 0.921. The number of nitrogens with one attached hydrogen (secondary N) is 1. The van der Waals surface area contributed by atoms with Crippen molar-refractivity contribution in [1.82, 2.24) is 14.8 Å². The molecule has 1 N–H and O–H groups in total. The van der Waals surface area contributed by atoms with Crippen molar-refractivity contribution >= 4 is 5.91 Å². The van der Waals surface area contributed by atoms with Gasteiger partial charge in [0.1, 0.15) is 6.04 Å². The van der Waals surface area contributed by atoms with Crippen molar-refractivity contribution in [3.05, 3.63) is 70.1 Å². The number of piperazine rings is 1. The second-order valence-corrected chi connectivity index (χ2v) is 5.79. The molecule has 6 nitrogen and oxygen atoms in total. The molecule has 122 valence electrons. The molecule has 0 saturated carbocycles. The zero-order valence-electron chi connectivity index (χ0n) is 13.2. The largest absolute Gasteiger partial charge is 0.335 e. The number of aromatic nitrogens is 1. The van der Waals surface area contributed by atoms with E-state index in [4.69, 9.17) is 0 Å². The van der Waals surface area contributed by atoms with E-state index in [1.54, 1.807) is 11.0 Å². The first-order valence-corrected chi connectivity index (χ1v) is 7.83. The zero-order chi connectivity index (χ0) is 16.9. The van der Waals surface area contributed by atoms with Crippen molar-refractivity contribution in [2.45, 2.75) is 12.6 Å². The van der Waals surface area contributed by atoms with Crippen LogP contribution in [0.15, 0.2) is 53.5 Å². The predicted octanol–water partition coefficient (Wildman–Crippen LogP) is 1.23. The Balaban J connectivity index is 1.70. The molecule has 1 amide bonds. The molecule has 2 heterocycles. The summed E-state index contributed by atoms with van der Waals surface area (Å²) in [6, 6.07) is 14.8. The average molecular weight is 322 g/mol. The summed E-state index contributed by atoms with van der Waals surface area (Å²) in [4.78, 5) is 30.1. The maximum Gasteiger partial charge on any atom is 0.254 e. The molecule has 0 bridgehead atoms. The Morgan fingerprint density at radius 2 is 2.04 bits per heavy atom. The summed E-state index contributed by atoms with van der Waals surface area (Å²) in [6.07, 6.45) is 1.46. The number of benzene rings is 1. The third kappa shape index (κ3) is 3.53. The number of rotatable bonds is 3. The number of nitrogens with zero attached hydrogens (tertiary/aromatic N) is 3. The number of carbonyl (C=O) groups excluding carboxylic acids is 1. The van der Waals surface area contributed by atoms with Crippen LogP contribution in [-0.2, 0) is 6.54 Å². The Kier molecular flexibility index (Phi) is 4.73. The summed E-state index contributed by atoms with van der Waals surface area (Å²) in [7, 11) is 0. The SMILES string of the molecule is N#CC1CN(C(=O)c2cc[nH]c(=O)c2)CCN1Cc1ccccc1. The molecular formula is C18H18N4O2. The summed E-state index contributed by atoms with van der Waals surface area (Å²) in [5.74, 6) is -0.208. The fourth-order valence-electron chi connectivity index (χ4n) is 2.89. The number of hydrogen-bond acceptors (Lipinski definition) is 4. The van der Waals surface area contributed by atoms with E-state index in [-0.39, 0.29) is 17.5 Å². The third-order valence-corrected chi connectivity index (χ3v) is 4.18. The van der Waals surface area contributed by atoms with Crippen LogP contribution < -0.4 is 5.56 Å². The van der Waals surface area contributed by atoms with Crippen molar-refractivity contribution in [1.29, 1.82) is 5.26 Å². The standard InChI is InChI=1S/C18H18N4O2/c19-11-16-13-22(18(24)15-6-7-20-17(23)10-15)9-8-21(16)12-14-4-2-1-3-5-14/h1-7,10,16H,8-9,12-13H2,(H,20,23). The van der Waals surface area contributed by atoms with Crippen LogP contribution in [0.3, 0.4) is 0 Å². The number of carbonyl (C=O) groups is 1. The first-order valence-electron chi connectivity index (χ1n) is 7.83. The molecule has 1 aromatic carbocycles. The van der Waals surface area contributed by atoms with Crippen molar-refractivity contribution < 1.29 is 4.79 Å². The second kappa shape index (κ2) is 7.11. The van der Waals surface area contributed by atoms with E-state index in [0.717, 1.165) is 5.56 Å². The third-order valence-electron chi connectivity index (χ3n) is 4.18. The second-order valence-electron chi connectivity index (χ2n) is 5.79. The number of pyridine rings is 1. The molecule has 3 rings (SSSR count). The fraction of sp³-hybridized carbons (Fsp3) is 0.278. The molecule has 6 heteroatoms. The average Bonchev–Trinajstić information content (AvgIpc) is 2.62. The van der Waals surface area contributed by atoms with E-state index < -0.39 is 0 Å². The summed E-state index contributed by atoms with van der Waals surface area (Å²) >= 11 is 0. The van der Waals surface area contributed by atoms with Gasteiger partial charge < -0.3 is 9.88 Å². The summed E-state index contributed by atoms with van der Waals surface area (Å²) < 4.78 is 0. The lowest BCUT2D eigenvalue weighted by molar-refractivity contribution is 0.0552. The molecule has 1 aliphatic heterocycles. The molecular weight excluding hydrogens is 304 g/mol. The van der Waals surface area contributed by atoms with E-state index in [0.29, 0.717) is 31.7 Å². The van der Waals surface area contributed by atoms with Gasteiger partial charge in [-0.25, -0.2) is 0 Å². The van der Waals surface area contributed by atoms with Crippen LogP contribution >= 0.6 is 0 Å². The van der Waals surface area contributed by atoms with Crippen LogP contribution in [0.1, 0.15) is 15.9 Å². The zero-order valence-corrected chi connectivity index (χ0v) is 13.2. The molecule has 0 radical (unpaired) electrons. The van der Waals surface area contributed by atoms with Gasteiger partial charge in [-0.3, -0.25) is 14.5 Å². The lowest BCUT2D eigenvalue weighted by Gasteiger charge is -2.38. The minimum atomic E-state index is -0.357. The molecule has 2 aromatic rings. The topological polar surface area (TPSA) is 80.2 Å². The molecule has 0 spiro atoms. The Morgan fingerprint density at radius 1 is 1.25 bits per heavy atom. The van der Waals surface area contributed by atoms with Crippen molar-refractivity contribution in [3.8, 4) is 6.07 Å². The lowest BCUT2D eigenvalue weighted by atomic mass is 10.1. The minimum absolute atomic E-state index is 0.208. The minimum Gasteiger partial charge on any atom is -0.335 e. The van der Waals surface area contributed by atoms with Gasteiger partial charge in [-0.05, 0) is 11.6 Å². The monoisotopic (exact) mass is 322 g/mol. The summed E-state index contributed by atoms with van der Waals surface area (Å²) in [5, 5.41) is 9.47. The molecule has 1 aliphatic rings. The fourth-order valence-corrected chi connectivity index (χ4v) is 2.89. The van der Waals surface area contributed by atoms with Gasteiger partial charge in [0.15, 0.2) is 0 Å². The van der Waals surface area contributed by atoms with Crippen LogP contribution in [-0.4, -0.2) is 46.4 Å². The van der Waals surface area contributed by atoms with Gasteiger partial charge in [0, 0.05) is 44.0 Å². The molecule has 1 unspecified atom stereocenters. The van der Waals surface area contributed by atoms with Crippen LogP contribution in [0.5, 0.6) is 0 Å². The highest BCUT2D eigenvalue weighted by molar-refractivity contribution is 5.94. The Hall–Kier alpha value is -2.91. The number of H-pyrrole nitrogens is 1. The molecule has 1 saturated heterocycles. The van der Waals surface area contributed by atoms with Crippen LogP contribution in [0.25, 0.3) is 0 Å².